The number of amides is 1. The zero-order valence-electron chi connectivity index (χ0n) is 13.4. The molecule has 23 heavy (non-hydrogen) atoms. The summed E-state index contributed by atoms with van der Waals surface area (Å²) in [6.45, 7) is 3.22. The molecule has 3 N–H and O–H groups in total. The molecule has 1 heterocycles. The lowest BCUT2D eigenvalue weighted by molar-refractivity contribution is -0.159. The van der Waals surface area contributed by atoms with E-state index in [0.717, 1.165) is 5.75 Å². The van der Waals surface area contributed by atoms with Crippen LogP contribution in [0.3, 0.4) is 0 Å². The molecular weight excluding hydrogens is 324 g/mol. The van der Waals surface area contributed by atoms with Crippen molar-refractivity contribution < 1.29 is 29.3 Å². The Morgan fingerprint density at radius 1 is 1.39 bits per heavy atom. The van der Waals surface area contributed by atoms with Crippen LogP contribution in [0, 0.1) is 0 Å². The number of carbonyl (C=O) groups excluding carboxylic acids is 2. The predicted octanol–water partition coefficient (Wildman–Crippen LogP) is -0.344. The van der Waals surface area contributed by atoms with E-state index in [0.29, 0.717) is 12.4 Å². The number of aliphatic hydroxyl groups excluding tert-OH is 1. The van der Waals surface area contributed by atoms with Gasteiger partial charge in [0, 0.05) is 18.7 Å². The Kier molecular flexibility index (Phi) is 7.80. The van der Waals surface area contributed by atoms with Crippen molar-refractivity contribution >= 4 is 29.6 Å². The molecule has 0 aliphatic carbocycles. The van der Waals surface area contributed by atoms with Crippen LogP contribution in [0.1, 0.15) is 26.7 Å². The molecule has 0 saturated carbocycles. The van der Waals surface area contributed by atoms with Gasteiger partial charge in [-0.2, -0.15) is 0 Å². The molecule has 0 spiro atoms. The number of ether oxygens (including phenoxy) is 1. The molecule has 0 aromatic rings. The van der Waals surface area contributed by atoms with E-state index < -0.39 is 23.6 Å². The van der Waals surface area contributed by atoms with E-state index in [1.807, 2.05) is 0 Å². The first-order valence-electron chi connectivity index (χ1n) is 7.39. The standard InChI is InChI=1S/C14H24N2O6S/c1-14(2,8-17)22-12(20)7-15-10(3-4-11(18)19)13(21)16-5-6-23-9-16/h10,15,17H,3-9H2,1-2H3,(H,18,19)/t10-/m0/s1. The van der Waals surface area contributed by atoms with Crippen molar-refractivity contribution in [3.63, 3.8) is 0 Å². The fraction of sp³-hybridized carbons (Fsp3) is 0.786. The molecule has 1 saturated heterocycles. The summed E-state index contributed by atoms with van der Waals surface area (Å²) in [7, 11) is 0. The Balaban J connectivity index is 2.56. The van der Waals surface area contributed by atoms with Gasteiger partial charge in [0.2, 0.25) is 5.91 Å². The number of aliphatic hydroxyl groups is 1. The van der Waals surface area contributed by atoms with Crippen LogP contribution < -0.4 is 5.32 Å². The normalized spacial score (nSPS) is 16.2. The number of carbonyl (C=O) groups is 3. The first-order chi connectivity index (χ1) is 10.7. The number of hydrogen-bond acceptors (Lipinski definition) is 7. The van der Waals surface area contributed by atoms with Crippen LogP contribution in [0.15, 0.2) is 0 Å². The number of hydrogen-bond donors (Lipinski definition) is 3. The topological polar surface area (TPSA) is 116 Å². The van der Waals surface area contributed by atoms with Crippen molar-refractivity contribution in [2.24, 2.45) is 0 Å². The second kappa shape index (κ2) is 9.09. The highest BCUT2D eigenvalue weighted by atomic mass is 32.2. The summed E-state index contributed by atoms with van der Waals surface area (Å²) in [6.07, 6.45) is -0.0619. The minimum absolute atomic E-state index is 0.103. The first kappa shape index (κ1) is 19.7. The van der Waals surface area contributed by atoms with E-state index >= 15 is 0 Å². The third-order valence-electron chi connectivity index (χ3n) is 3.27. The summed E-state index contributed by atoms with van der Waals surface area (Å²) >= 11 is 1.63. The minimum atomic E-state index is -0.996. The van der Waals surface area contributed by atoms with Crippen molar-refractivity contribution in [3.05, 3.63) is 0 Å². The number of nitrogens with one attached hydrogen (secondary N) is 1. The van der Waals surface area contributed by atoms with Gasteiger partial charge in [-0.25, -0.2) is 0 Å². The number of esters is 1. The lowest BCUT2D eigenvalue weighted by Crippen LogP contribution is -2.48. The van der Waals surface area contributed by atoms with Crippen LogP contribution in [0.5, 0.6) is 0 Å². The summed E-state index contributed by atoms with van der Waals surface area (Å²) in [5.41, 5.74) is -0.995. The minimum Gasteiger partial charge on any atom is -0.481 e. The molecule has 0 radical (unpaired) electrons. The molecule has 1 rings (SSSR count). The molecule has 1 aliphatic rings. The number of carboxylic acid groups (broad SMARTS) is 1. The van der Waals surface area contributed by atoms with Crippen molar-refractivity contribution in [2.75, 3.05) is 31.3 Å². The maximum atomic E-state index is 12.4. The molecular formula is C14H24N2O6S. The molecule has 1 atom stereocenters. The van der Waals surface area contributed by atoms with Crippen molar-refractivity contribution in [2.45, 2.75) is 38.3 Å². The summed E-state index contributed by atoms with van der Waals surface area (Å²) in [6, 6.07) is -0.741. The van der Waals surface area contributed by atoms with Crippen LogP contribution in [0.2, 0.25) is 0 Å². The predicted molar refractivity (Wildman–Crippen MR) is 85.0 cm³/mol. The average Bonchev–Trinajstić information content (AvgIpc) is 3.00. The van der Waals surface area contributed by atoms with Crippen molar-refractivity contribution in [1.82, 2.24) is 10.2 Å². The highest BCUT2D eigenvalue weighted by Crippen LogP contribution is 2.16. The molecule has 1 aliphatic heterocycles. The van der Waals surface area contributed by atoms with E-state index in [4.69, 9.17) is 14.9 Å². The van der Waals surface area contributed by atoms with Crippen LogP contribution in [-0.2, 0) is 19.1 Å². The number of aliphatic carboxylic acids is 1. The van der Waals surface area contributed by atoms with E-state index in [9.17, 15) is 14.4 Å². The Labute approximate surface area is 139 Å². The lowest BCUT2D eigenvalue weighted by Gasteiger charge is -2.25. The Bertz CT molecular complexity index is 437. The maximum absolute atomic E-state index is 12.4. The van der Waals surface area contributed by atoms with Crippen molar-refractivity contribution in [1.29, 1.82) is 0 Å². The third kappa shape index (κ3) is 7.19. The second-order valence-corrected chi connectivity index (χ2v) is 6.97. The van der Waals surface area contributed by atoms with Crippen LogP contribution in [0.25, 0.3) is 0 Å². The Hall–Kier alpha value is -1.32. The highest BCUT2D eigenvalue weighted by molar-refractivity contribution is 7.99. The second-order valence-electron chi connectivity index (χ2n) is 5.90. The molecule has 0 unspecified atom stereocenters. The number of thioether (sulfide) groups is 1. The number of nitrogens with zero attached hydrogens (tertiary/aromatic N) is 1. The molecule has 9 heteroatoms. The molecule has 0 aromatic heterocycles. The van der Waals surface area contributed by atoms with Gasteiger partial charge in [0.05, 0.1) is 25.1 Å². The van der Waals surface area contributed by atoms with E-state index in [1.54, 1.807) is 30.5 Å². The quantitative estimate of drug-likeness (QED) is 0.485. The van der Waals surface area contributed by atoms with Crippen LogP contribution in [0.4, 0.5) is 0 Å². The fourth-order valence-electron chi connectivity index (χ4n) is 1.97. The summed E-state index contributed by atoms with van der Waals surface area (Å²) < 4.78 is 5.07. The van der Waals surface area contributed by atoms with Gasteiger partial charge in [-0.3, -0.25) is 19.7 Å². The molecule has 1 fully saturated rings. The monoisotopic (exact) mass is 348 g/mol. The van der Waals surface area contributed by atoms with Gasteiger partial charge in [0.25, 0.3) is 0 Å². The SMILES string of the molecule is CC(C)(CO)OC(=O)CN[C@@H](CCC(=O)O)C(=O)N1CCSC1. The Morgan fingerprint density at radius 2 is 2.09 bits per heavy atom. The maximum Gasteiger partial charge on any atom is 0.320 e. The fourth-order valence-corrected chi connectivity index (χ4v) is 2.93. The van der Waals surface area contributed by atoms with Gasteiger partial charge in [0.1, 0.15) is 5.60 Å². The van der Waals surface area contributed by atoms with E-state index in [-0.39, 0.29) is 31.9 Å². The molecule has 0 aromatic carbocycles. The highest BCUT2D eigenvalue weighted by Gasteiger charge is 2.28. The first-order valence-corrected chi connectivity index (χ1v) is 8.55. The van der Waals surface area contributed by atoms with Gasteiger partial charge in [-0.05, 0) is 20.3 Å². The zero-order chi connectivity index (χ0) is 17.5. The summed E-state index contributed by atoms with van der Waals surface area (Å²) in [5, 5.41) is 20.6. The summed E-state index contributed by atoms with van der Waals surface area (Å²) in [5.74, 6) is -0.376. The summed E-state index contributed by atoms with van der Waals surface area (Å²) in [4.78, 5) is 36.5. The van der Waals surface area contributed by atoms with Gasteiger partial charge >= 0.3 is 11.9 Å². The van der Waals surface area contributed by atoms with E-state index in [1.165, 1.54) is 0 Å². The smallest absolute Gasteiger partial charge is 0.320 e. The van der Waals surface area contributed by atoms with Gasteiger partial charge in [-0.1, -0.05) is 0 Å². The number of rotatable bonds is 9. The largest absolute Gasteiger partial charge is 0.481 e. The third-order valence-corrected chi connectivity index (χ3v) is 4.24. The Morgan fingerprint density at radius 3 is 2.61 bits per heavy atom. The van der Waals surface area contributed by atoms with Gasteiger partial charge in [-0.15, -0.1) is 11.8 Å². The number of carboxylic acids is 1. The molecule has 1 amide bonds. The van der Waals surface area contributed by atoms with Gasteiger partial charge in [0.15, 0.2) is 0 Å². The van der Waals surface area contributed by atoms with Crippen molar-refractivity contribution in [3.8, 4) is 0 Å². The van der Waals surface area contributed by atoms with Gasteiger partial charge < -0.3 is 19.8 Å². The van der Waals surface area contributed by atoms with E-state index in [2.05, 4.69) is 5.32 Å². The lowest BCUT2D eigenvalue weighted by atomic mass is 10.1. The molecule has 0 bridgehead atoms. The zero-order valence-corrected chi connectivity index (χ0v) is 14.2. The molecule has 132 valence electrons. The molecule has 8 nitrogen and oxygen atoms in total. The van der Waals surface area contributed by atoms with Crippen LogP contribution >= 0.6 is 11.8 Å². The van der Waals surface area contributed by atoms with Crippen LogP contribution in [-0.4, -0.2) is 75.9 Å². The average molecular weight is 348 g/mol.